The van der Waals surface area contributed by atoms with Crippen LogP contribution in [0, 0.1) is 6.92 Å². The maximum absolute atomic E-state index is 12.8. The summed E-state index contributed by atoms with van der Waals surface area (Å²) in [5, 5.41) is 10.2. The number of amides is 2. The molecule has 0 fully saturated rings. The summed E-state index contributed by atoms with van der Waals surface area (Å²) in [5.41, 5.74) is 4.66. The summed E-state index contributed by atoms with van der Waals surface area (Å²) in [6.07, 6.45) is 0.709. The first-order valence-electron chi connectivity index (χ1n) is 11.3. The molecule has 2 amide bonds. The molecule has 5 rings (SSSR count). The maximum atomic E-state index is 12.8. The third-order valence-electron chi connectivity index (χ3n) is 5.99. The van der Waals surface area contributed by atoms with Crippen LogP contribution in [0.5, 0.6) is 0 Å². The van der Waals surface area contributed by atoms with Gasteiger partial charge in [0.25, 0.3) is 5.91 Å². The molecule has 0 radical (unpaired) electrons. The molecule has 0 spiro atoms. The van der Waals surface area contributed by atoms with Crippen LogP contribution in [0.1, 0.15) is 35.6 Å². The number of para-hydroxylation sites is 1. The Bertz CT molecular complexity index is 1320. The molecule has 0 unspecified atom stereocenters. The summed E-state index contributed by atoms with van der Waals surface area (Å²) in [4.78, 5) is 29.7. The summed E-state index contributed by atoms with van der Waals surface area (Å²) in [5.74, 6) is -0.528. The van der Waals surface area contributed by atoms with E-state index in [9.17, 15) is 9.59 Å². The predicted octanol–water partition coefficient (Wildman–Crippen LogP) is 5.83. The molecular weight excluding hydrogens is 480 g/mol. The van der Waals surface area contributed by atoms with Crippen molar-refractivity contribution in [3.05, 3.63) is 101 Å². The van der Waals surface area contributed by atoms with Gasteiger partial charge in [-0.1, -0.05) is 84.0 Å². The van der Waals surface area contributed by atoms with Gasteiger partial charge in [-0.05, 0) is 41.8 Å². The van der Waals surface area contributed by atoms with E-state index in [0.717, 1.165) is 28.1 Å². The molecule has 0 saturated heterocycles. The van der Waals surface area contributed by atoms with Crippen molar-refractivity contribution in [2.24, 2.45) is 10.1 Å². The Balaban J connectivity index is 1.35. The molecule has 3 aromatic rings. The van der Waals surface area contributed by atoms with Gasteiger partial charge in [0.05, 0.1) is 11.8 Å². The van der Waals surface area contributed by atoms with Gasteiger partial charge in [0.1, 0.15) is 5.25 Å². The number of halogens is 1. The highest BCUT2D eigenvalue weighted by molar-refractivity contribution is 8.15. The third-order valence-corrected chi connectivity index (χ3v) is 7.38. The van der Waals surface area contributed by atoms with E-state index in [-0.39, 0.29) is 24.3 Å². The van der Waals surface area contributed by atoms with E-state index in [1.807, 2.05) is 90.8 Å². The fraction of sp³-hybridized carbons (Fsp3) is 0.185. The van der Waals surface area contributed by atoms with Gasteiger partial charge in [0, 0.05) is 23.6 Å². The van der Waals surface area contributed by atoms with E-state index in [1.165, 1.54) is 11.8 Å². The van der Waals surface area contributed by atoms with E-state index in [0.29, 0.717) is 16.6 Å². The monoisotopic (exact) mass is 502 g/mol. The molecule has 0 aliphatic carbocycles. The van der Waals surface area contributed by atoms with Gasteiger partial charge in [-0.15, -0.1) is 0 Å². The number of aliphatic imine (C=N–C) groups is 1. The average molecular weight is 503 g/mol. The lowest BCUT2D eigenvalue weighted by Crippen LogP contribution is -2.25. The van der Waals surface area contributed by atoms with E-state index in [1.54, 1.807) is 0 Å². The van der Waals surface area contributed by atoms with Crippen molar-refractivity contribution in [2.45, 2.75) is 31.1 Å². The van der Waals surface area contributed by atoms with E-state index in [4.69, 9.17) is 16.7 Å². The number of aryl methyl sites for hydroxylation is 1. The van der Waals surface area contributed by atoms with Crippen LogP contribution in [0.2, 0.25) is 5.02 Å². The Morgan fingerprint density at radius 2 is 1.77 bits per heavy atom. The fourth-order valence-corrected chi connectivity index (χ4v) is 5.31. The van der Waals surface area contributed by atoms with Crippen molar-refractivity contribution >= 4 is 51.7 Å². The van der Waals surface area contributed by atoms with Gasteiger partial charge in [0.2, 0.25) is 5.91 Å². The van der Waals surface area contributed by atoms with Crippen LogP contribution in [0.3, 0.4) is 0 Å². The largest absolute Gasteiger partial charge is 0.326 e. The van der Waals surface area contributed by atoms with Crippen molar-refractivity contribution in [2.75, 3.05) is 5.32 Å². The van der Waals surface area contributed by atoms with Gasteiger partial charge in [-0.3, -0.25) is 9.59 Å². The molecule has 1 N–H and O–H groups in total. The number of hydrogen-bond donors (Lipinski definition) is 1. The minimum absolute atomic E-state index is 0.0441. The first-order valence-corrected chi connectivity index (χ1v) is 12.6. The van der Waals surface area contributed by atoms with E-state index in [2.05, 4.69) is 10.3 Å². The van der Waals surface area contributed by atoms with Crippen LogP contribution in [0.15, 0.2) is 89.0 Å². The fourth-order valence-electron chi connectivity index (χ4n) is 4.13. The number of nitrogens with zero attached hydrogens (tertiary/aromatic N) is 3. The molecule has 6 nitrogen and oxygen atoms in total. The third kappa shape index (κ3) is 5.16. The van der Waals surface area contributed by atoms with Gasteiger partial charge in [-0.25, -0.2) is 5.01 Å². The highest BCUT2D eigenvalue weighted by Crippen LogP contribution is 2.38. The van der Waals surface area contributed by atoms with Crippen molar-refractivity contribution in [1.82, 2.24) is 5.01 Å². The second-order valence-electron chi connectivity index (χ2n) is 8.44. The molecule has 0 saturated carbocycles. The van der Waals surface area contributed by atoms with Crippen LogP contribution in [0.25, 0.3) is 0 Å². The molecule has 2 aliphatic heterocycles. The lowest BCUT2D eigenvalue weighted by atomic mass is 9.99. The standard InChI is InChI=1S/C27H23ClN4O2S/c1-17-7-5-6-10-21(17)29-25(33)16-24-26(34)30-27(35-24)32-23(19-8-3-2-4-9-19)15-22(31-32)18-11-13-20(28)14-12-18/h2-14,23-24H,15-16H2,1H3,(H,29,33)/t23-,24+/m0/s1. The summed E-state index contributed by atoms with van der Waals surface area (Å²) < 4.78 is 0. The van der Waals surface area contributed by atoms with Crippen molar-refractivity contribution in [1.29, 1.82) is 0 Å². The molecule has 3 aromatic carbocycles. The van der Waals surface area contributed by atoms with Crippen LogP contribution >= 0.6 is 23.4 Å². The number of amidine groups is 1. The predicted molar refractivity (Wildman–Crippen MR) is 142 cm³/mol. The molecule has 2 atom stereocenters. The Kier molecular flexibility index (Phi) is 6.70. The topological polar surface area (TPSA) is 74.1 Å². The Labute approximate surface area is 213 Å². The van der Waals surface area contributed by atoms with Gasteiger partial charge in [0.15, 0.2) is 5.17 Å². The zero-order valence-corrected chi connectivity index (χ0v) is 20.6. The van der Waals surface area contributed by atoms with Crippen LogP contribution in [0.4, 0.5) is 5.69 Å². The highest BCUT2D eigenvalue weighted by atomic mass is 35.5. The molecule has 35 heavy (non-hydrogen) atoms. The molecule has 2 heterocycles. The van der Waals surface area contributed by atoms with Crippen molar-refractivity contribution < 1.29 is 9.59 Å². The van der Waals surface area contributed by atoms with Gasteiger partial charge >= 0.3 is 0 Å². The number of carbonyl (C=O) groups is 2. The lowest BCUT2D eigenvalue weighted by molar-refractivity contribution is -0.121. The number of nitrogens with one attached hydrogen (secondary N) is 1. The summed E-state index contributed by atoms with van der Waals surface area (Å²) in [6.45, 7) is 1.93. The average Bonchev–Trinajstić information content (AvgIpc) is 3.46. The highest BCUT2D eigenvalue weighted by Gasteiger charge is 2.39. The first-order chi connectivity index (χ1) is 17.0. The SMILES string of the molecule is Cc1ccccc1NC(=O)C[C@H]1SC(N2N=C(c3ccc(Cl)cc3)C[C@H]2c2ccccc2)=NC1=O. The molecule has 8 heteroatoms. The Morgan fingerprint density at radius 1 is 1.06 bits per heavy atom. The molecule has 0 aromatic heterocycles. The first kappa shape index (κ1) is 23.3. The number of hydrogen-bond acceptors (Lipinski definition) is 5. The van der Waals surface area contributed by atoms with Gasteiger partial charge in [-0.2, -0.15) is 10.1 Å². The number of carbonyl (C=O) groups excluding carboxylic acids is 2. The van der Waals surface area contributed by atoms with Gasteiger partial charge < -0.3 is 5.32 Å². The summed E-state index contributed by atoms with van der Waals surface area (Å²) in [6, 6.07) is 25.1. The number of anilines is 1. The Morgan fingerprint density at radius 3 is 2.51 bits per heavy atom. The second-order valence-corrected chi connectivity index (χ2v) is 10.0. The molecular formula is C27H23ClN4O2S. The van der Waals surface area contributed by atoms with Crippen LogP contribution < -0.4 is 5.32 Å². The minimum atomic E-state index is -0.583. The van der Waals surface area contributed by atoms with E-state index >= 15 is 0 Å². The lowest BCUT2D eigenvalue weighted by Gasteiger charge is -2.23. The minimum Gasteiger partial charge on any atom is -0.326 e. The van der Waals surface area contributed by atoms with Crippen LogP contribution in [-0.2, 0) is 9.59 Å². The van der Waals surface area contributed by atoms with Crippen LogP contribution in [-0.4, -0.2) is 33.0 Å². The zero-order valence-electron chi connectivity index (χ0n) is 19.0. The number of thioether (sulfide) groups is 1. The zero-order chi connectivity index (χ0) is 24.4. The summed E-state index contributed by atoms with van der Waals surface area (Å²) >= 11 is 7.36. The molecule has 176 valence electrons. The molecule has 2 aliphatic rings. The molecule has 0 bridgehead atoms. The normalized spacial score (nSPS) is 19.5. The number of rotatable bonds is 5. The van der Waals surface area contributed by atoms with Crippen molar-refractivity contribution in [3.63, 3.8) is 0 Å². The quantitative estimate of drug-likeness (QED) is 0.476. The summed E-state index contributed by atoms with van der Waals surface area (Å²) in [7, 11) is 0. The Hall–Kier alpha value is -3.42. The number of benzene rings is 3. The van der Waals surface area contributed by atoms with Crippen molar-refractivity contribution in [3.8, 4) is 0 Å². The van der Waals surface area contributed by atoms with E-state index < -0.39 is 5.25 Å². The smallest absolute Gasteiger partial charge is 0.262 e. The number of hydrazone groups is 1. The second kappa shape index (κ2) is 10.1. The maximum Gasteiger partial charge on any atom is 0.262 e.